The first-order valence-electron chi connectivity index (χ1n) is 5.58. The van der Waals surface area contributed by atoms with E-state index in [1.807, 2.05) is 0 Å². The average molecular weight is 274 g/mol. The predicted octanol–water partition coefficient (Wildman–Crippen LogP) is 0.304. The third-order valence-electron chi connectivity index (χ3n) is 2.52. The summed E-state index contributed by atoms with van der Waals surface area (Å²) in [6, 6.07) is 8.47. The van der Waals surface area contributed by atoms with Crippen molar-refractivity contribution in [2.75, 3.05) is 0 Å². The van der Waals surface area contributed by atoms with E-state index in [-0.39, 0.29) is 12.2 Å². The van der Waals surface area contributed by atoms with Crippen LogP contribution in [0.25, 0.3) is 11.3 Å². The molecule has 0 aliphatic rings. The lowest BCUT2D eigenvalue weighted by Crippen LogP contribution is -2.29. The van der Waals surface area contributed by atoms with Gasteiger partial charge in [-0.25, -0.2) is 4.68 Å². The largest absolute Gasteiger partial charge is 0.368 e. The van der Waals surface area contributed by atoms with Crippen molar-refractivity contribution in [3.8, 4) is 11.3 Å². The van der Waals surface area contributed by atoms with E-state index in [2.05, 4.69) is 5.10 Å². The smallest absolute Gasteiger partial charge is 0.270 e. The average Bonchev–Trinajstić information content (AvgIpc) is 2.41. The van der Waals surface area contributed by atoms with Gasteiger partial charge in [0.25, 0.3) is 11.2 Å². The van der Waals surface area contributed by atoms with Crippen molar-refractivity contribution in [1.82, 2.24) is 9.78 Å². The third-order valence-corrected chi connectivity index (χ3v) is 2.52. The number of nitro groups is 1. The maximum Gasteiger partial charge on any atom is 0.270 e. The lowest BCUT2D eigenvalue weighted by atomic mass is 10.1. The van der Waals surface area contributed by atoms with E-state index >= 15 is 0 Å². The lowest BCUT2D eigenvalue weighted by Gasteiger charge is -2.05. The number of rotatable bonds is 4. The third kappa shape index (κ3) is 2.86. The molecule has 0 saturated carbocycles. The second-order valence-corrected chi connectivity index (χ2v) is 3.99. The highest BCUT2D eigenvalue weighted by Gasteiger charge is 2.10. The predicted molar refractivity (Wildman–Crippen MR) is 69.8 cm³/mol. The summed E-state index contributed by atoms with van der Waals surface area (Å²) in [6.07, 6.45) is 0. The van der Waals surface area contributed by atoms with Crippen LogP contribution < -0.4 is 11.3 Å². The van der Waals surface area contributed by atoms with Gasteiger partial charge in [0.1, 0.15) is 6.54 Å². The number of nitrogens with zero attached hydrogens (tertiary/aromatic N) is 3. The van der Waals surface area contributed by atoms with E-state index in [0.29, 0.717) is 11.3 Å². The molecule has 20 heavy (non-hydrogen) atoms. The zero-order valence-corrected chi connectivity index (χ0v) is 10.2. The molecule has 1 amide bonds. The zero-order valence-electron chi connectivity index (χ0n) is 10.2. The SMILES string of the molecule is NC(=O)Cn1nc(-c2cccc([N+](=O)[O-])c2)ccc1=O. The molecule has 8 heteroatoms. The molecule has 2 N–H and O–H groups in total. The monoisotopic (exact) mass is 274 g/mol. The van der Waals surface area contributed by atoms with E-state index in [1.165, 1.54) is 30.3 Å². The van der Waals surface area contributed by atoms with Crippen molar-refractivity contribution < 1.29 is 9.72 Å². The molecule has 102 valence electrons. The Morgan fingerprint density at radius 3 is 2.75 bits per heavy atom. The molecule has 8 nitrogen and oxygen atoms in total. The Morgan fingerprint density at radius 2 is 2.10 bits per heavy atom. The topological polar surface area (TPSA) is 121 Å². The number of benzene rings is 1. The Hall–Kier alpha value is -3.03. The van der Waals surface area contributed by atoms with Gasteiger partial charge in [-0.1, -0.05) is 12.1 Å². The van der Waals surface area contributed by atoms with Crippen LogP contribution in [0.4, 0.5) is 5.69 Å². The van der Waals surface area contributed by atoms with Crippen molar-refractivity contribution in [3.05, 3.63) is 56.9 Å². The van der Waals surface area contributed by atoms with E-state index in [1.54, 1.807) is 6.07 Å². The summed E-state index contributed by atoms with van der Waals surface area (Å²) in [7, 11) is 0. The molecule has 2 rings (SSSR count). The van der Waals surface area contributed by atoms with Gasteiger partial charge < -0.3 is 5.73 Å². The maximum atomic E-state index is 11.5. The fraction of sp³-hybridized carbons (Fsp3) is 0.0833. The molecule has 0 aliphatic heterocycles. The van der Waals surface area contributed by atoms with Gasteiger partial charge >= 0.3 is 0 Å². The number of aromatic nitrogens is 2. The minimum Gasteiger partial charge on any atom is -0.368 e. The molecule has 0 radical (unpaired) electrons. The number of nitro benzene ring substituents is 1. The minimum atomic E-state index is -0.698. The lowest BCUT2D eigenvalue weighted by molar-refractivity contribution is -0.384. The molecule has 0 unspecified atom stereocenters. The van der Waals surface area contributed by atoms with Crippen LogP contribution in [0.2, 0.25) is 0 Å². The molecule has 1 aromatic heterocycles. The van der Waals surface area contributed by atoms with Gasteiger partial charge in [-0.3, -0.25) is 19.7 Å². The first-order chi connectivity index (χ1) is 9.47. The highest BCUT2D eigenvalue weighted by Crippen LogP contribution is 2.21. The number of non-ortho nitro benzene ring substituents is 1. The van der Waals surface area contributed by atoms with Gasteiger partial charge in [0.2, 0.25) is 5.91 Å². The van der Waals surface area contributed by atoms with Crippen LogP contribution >= 0.6 is 0 Å². The normalized spacial score (nSPS) is 10.2. The molecule has 2 aromatic rings. The molecular weight excluding hydrogens is 264 g/mol. The standard InChI is InChI=1S/C12H10N4O4/c13-11(17)7-15-12(18)5-4-10(14-15)8-2-1-3-9(6-8)16(19)20/h1-6H,7H2,(H2,13,17). The van der Waals surface area contributed by atoms with E-state index in [4.69, 9.17) is 5.73 Å². The van der Waals surface area contributed by atoms with E-state index in [9.17, 15) is 19.7 Å². The highest BCUT2D eigenvalue weighted by atomic mass is 16.6. The van der Waals surface area contributed by atoms with Crippen molar-refractivity contribution in [3.63, 3.8) is 0 Å². The Balaban J connectivity index is 2.47. The van der Waals surface area contributed by atoms with E-state index in [0.717, 1.165) is 4.68 Å². The van der Waals surface area contributed by atoms with Crippen LogP contribution in [-0.2, 0) is 11.3 Å². The van der Waals surface area contributed by atoms with Gasteiger partial charge in [-0.05, 0) is 6.07 Å². The van der Waals surface area contributed by atoms with Gasteiger partial charge in [-0.2, -0.15) is 5.10 Å². The Bertz CT molecular complexity index is 738. The summed E-state index contributed by atoms with van der Waals surface area (Å²) in [6.45, 7) is -0.346. The molecule has 1 heterocycles. The quantitative estimate of drug-likeness (QED) is 0.635. The zero-order chi connectivity index (χ0) is 14.7. The molecule has 0 saturated heterocycles. The number of primary amides is 1. The van der Waals surface area contributed by atoms with Gasteiger partial charge in [0.15, 0.2) is 0 Å². The van der Waals surface area contributed by atoms with Crippen LogP contribution in [-0.4, -0.2) is 20.6 Å². The van der Waals surface area contributed by atoms with Crippen molar-refractivity contribution in [2.24, 2.45) is 5.73 Å². The maximum absolute atomic E-state index is 11.5. The molecule has 1 aromatic carbocycles. The second-order valence-electron chi connectivity index (χ2n) is 3.99. The number of amides is 1. The van der Waals surface area contributed by atoms with Crippen molar-refractivity contribution in [1.29, 1.82) is 0 Å². The first kappa shape index (κ1) is 13.4. The van der Waals surface area contributed by atoms with Crippen LogP contribution in [0.5, 0.6) is 0 Å². The number of carbonyl (C=O) groups is 1. The van der Waals surface area contributed by atoms with Crippen LogP contribution in [0, 0.1) is 10.1 Å². The molecule has 0 aliphatic carbocycles. The summed E-state index contributed by atoms with van der Waals surface area (Å²) < 4.78 is 0.913. The fourth-order valence-electron chi connectivity index (χ4n) is 1.64. The minimum absolute atomic E-state index is 0.0862. The summed E-state index contributed by atoms with van der Waals surface area (Å²) in [5.41, 5.74) is 5.27. The highest BCUT2D eigenvalue weighted by molar-refractivity contribution is 5.73. The summed E-state index contributed by atoms with van der Waals surface area (Å²) in [4.78, 5) is 32.5. The fourth-order valence-corrected chi connectivity index (χ4v) is 1.64. The number of carbonyl (C=O) groups excluding carboxylic acids is 1. The summed E-state index contributed by atoms with van der Waals surface area (Å²) >= 11 is 0. The summed E-state index contributed by atoms with van der Waals surface area (Å²) in [5.74, 6) is -0.698. The molecule has 0 fully saturated rings. The molecule has 0 bridgehead atoms. The Labute approximate surface area is 112 Å². The first-order valence-corrected chi connectivity index (χ1v) is 5.58. The Kier molecular flexibility index (Phi) is 3.56. The van der Waals surface area contributed by atoms with Gasteiger partial charge in [0.05, 0.1) is 10.6 Å². The Morgan fingerprint density at radius 1 is 1.35 bits per heavy atom. The molecular formula is C12H10N4O4. The number of hydrogen-bond donors (Lipinski definition) is 1. The second kappa shape index (κ2) is 5.31. The van der Waals surface area contributed by atoms with Crippen LogP contribution in [0.1, 0.15) is 0 Å². The van der Waals surface area contributed by atoms with Crippen molar-refractivity contribution in [2.45, 2.75) is 6.54 Å². The number of hydrogen-bond acceptors (Lipinski definition) is 5. The summed E-state index contributed by atoms with van der Waals surface area (Å²) in [5, 5.41) is 14.7. The van der Waals surface area contributed by atoms with Crippen LogP contribution in [0.3, 0.4) is 0 Å². The molecule has 0 atom stereocenters. The van der Waals surface area contributed by atoms with E-state index < -0.39 is 16.4 Å². The van der Waals surface area contributed by atoms with Crippen LogP contribution in [0.15, 0.2) is 41.2 Å². The van der Waals surface area contributed by atoms with Crippen molar-refractivity contribution >= 4 is 11.6 Å². The van der Waals surface area contributed by atoms with Gasteiger partial charge in [0, 0.05) is 23.8 Å². The number of nitrogens with two attached hydrogens (primary N) is 1. The van der Waals surface area contributed by atoms with Gasteiger partial charge in [-0.15, -0.1) is 0 Å². The molecule has 0 spiro atoms.